The molecule has 0 fully saturated rings. The van der Waals surface area contributed by atoms with Gasteiger partial charge in [0.15, 0.2) is 0 Å². The Labute approximate surface area is 196 Å². The van der Waals surface area contributed by atoms with Gasteiger partial charge in [-0.15, -0.1) is 13.2 Å². The van der Waals surface area contributed by atoms with E-state index in [0.29, 0.717) is 17.8 Å². The minimum Gasteiger partial charge on any atom is -0.496 e. The molecule has 0 heterocycles. The van der Waals surface area contributed by atoms with Crippen LogP contribution in [0.1, 0.15) is 31.1 Å². The summed E-state index contributed by atoms with van der Waals surface area (Å²) in [4.78, 5) is 27.2. The predicted octanol–water partition coefficient (Wildman–Crippen LogP) is 4.70. The van der Waals surface area contributed by atoms with Gasteiger partial charge in [0.1, 0.15) is 11.5 Å². The molecular weight excluding hydrogens is 453 g/mol. The van der Waals surface area contributed by atoms with Gasteiger partial charge in [0.2, 0.25) is 0 Å². The number of amides is 3. The van der Waals surface area contributed by atoms with Crippen molar-refractivity contribution in [1.82, 2.24) is 10.2 Å². The second-order valence-corrected chi connectivity index (χ2v) is 7.43. The average Bonchev–Trinajstić information content (AvgIpc) is 2.77. The van der Waals surface area contributed by atoms with Crippen molar-refractivity contribution in [1.29, 1.82) is 0 Å². The molecular formula is C23H29F3N4O4. The number of hydrogen-bond acceptors (Lipinski definition) is 5. The lowest BCUT2D eigenvalue weighted by Gasteiger charge is -2.23. The molecule has 2 rings (SSSR count). The van der Waals surface area contributed by atoms with Crippen molar-refractivity contribution < 1.29 is 32.2 Å². The first-order valence-electron chi connectivity index (χ1n) is 10.7. The van der Waals surface area contributed by atoms with Crippen LogP contribution in [0, 0.1) is 0 Å². The van der Waals surface area contributed by atoms with Crippen molar-refractivity contribution in [2.24, 2.45) is 0 Å². The first-order chi connectivity index (χ1) is 16.0. The SMILES string of the molecule is CCN(CC)CC(C)NC(=O)c1ccc(NC(=O)Nc2ccc(OC(F)(F)F)cc2)cc1OC. The van der Waals surface area contributed by atoms with Crippen LogP contribution >= 0.6 is 0 Å². The van der Waals surface area contributed by atoms with Gasteiger partial charge in [-0.1, -0.05) is 13.8 Å². The molecule has 186 valence electrons. The van der Waals surface area contributed by atoms with Crippen LogP contribution in [0.15, 0.2) is 42.5 Å². The molecule has 0 spiro atoms. The van der Waals surface area contributed by atoms with E-state index < -0.39 is 18.1 Å². The molecule has 0 saturated carbocycles. The second kappa shape index (κ2) is 12.1. The van der Waals surface area contributed by atoms with Crippen LogP contribution in [0.5, 0.6) is 11.5 Å². The summed E-state index contributed by atoms with van der Waals surface area (Å²) in [6.07, 6.45) is -4.79. The van der Waals surface area contributed by atoms with Crippen LogP contribution in [0.2, 0.25) is 0 Å². The highest BCUT2D eigenvalue weighted by Crippen LogP contribution is 2.25. The molecule has 0 bridgehead atoms. The zero-order chi connectivity index (χ0) is 25.3. The van der Waals surface area contributed by atoms with Crippen LogP contribution < -0.4 is 25.4 Å². The van der Waals surface area contributed by atoms with E-state index in [1.807, 2.05) is 6.92 Å². The van der Waals surface area contributed by atoms with E-state index >= 15 is 0 Å². The smallest absolute Gasteiger partial charge is 0.496 e. The van der Waals surface area contributed by atoms with E-state index in [1.165, 1.54) is 31.4 Å². The number of nitrogens with one attached hydrogen (secondary N) is 3. The highest BCUT2D eigenvalue weighted by Gasteiger charge is 2.31. The molecule has 0 aliphatic rings. The standard InChI is InChI=1S/C23H29F3N4O4/c1-5-30(6-2)14-15(3)27-21(31)19-12-9-17(13-20(19)33-4)29-22(32)28-16-7-10-18(11-8-16)34-23(24,25)26/h7-13,15H,5-6,14H2,1-4H3,(H,27,31)(H2,28,29,32). The fourth-order valence-electron chi connectivity index (χ4n) is 3.21. The Hall–Kier alpha value is -3.47. The van der Waals surface area contributed by atoms with Crippen molar-refractivity contribution >= 4 is 23.3 Å². The highest BCUT2D eigenvalue weighted by molar-refractivity contribution is 6.01. The Morgan fingerprint density at radius 3 is 2.15 bits per heavy atom. The van der Waals surface area contributed by atoms with E-state index in [-0.39, 0.29) is 23.4 Å². The van der Waals surface area contributed by atoms with Crippen molar-refractivity contribution in [3.63, 3.8) is 0 Å². The molecule has 1 unspecified atom stereocenters. The summed E-state index contributed by atoms with van der Waals surface area (Å²) in [5, 5.41) is 8.03. The molecule has 3 amide bonds. The number of rotatable bonds is 10. The summed E-state index contributed by atoms with van der Waals surface area (Å²) in [5.74, 6) is -0.420. The van der Waals surface area contributed by atoms with Crippen LogP contribution in [0.4, 0.5) is 29.3 Å². The largest absolute Gasteiger partial charge is 0.573 e. The van der Waals surface area contributed by atoms with E-state index in [1.54, 1.807) is 6.07 Å². The van der Waals surface area contributed by atoms with Gasteiger partial charge in [-0.25, -0.2) is 4.79 Å². The Bertz CT molecular complexity index is 964. The minimum atomic E-state index is -4.79. The second-order valence-electron chi connectivity index (χ2n) is 7.43. The molecule has 0 aliphatic heterocycles. The normalized spacial score (nSPS) is 12.1. The number of alkyl halides is 3. The van der Waals surface area contributed by atoms with Gasteiger partial charge in [-0.3, -0.25) is 4.79 Å². The summed E-state index contributed by atoms with van der Waals surface area (Å²) < 4.78 is 45.8. The molecule has 34 heavy (non-hydrogen) atoms. The maximum Gasteiger partial charge on any atom is 0.573 e. The molecule has 2 aromatic rings. The van der Waals surface area contributed by atoms with E-state index in [4.69, 9.17) is 4.74 Å². The molecule has 0 aliphatic carbocycles. The summed E-state index contributed by atoms with van der Waals surface area (Å²) in [5.41, 5.74) is 0.941. The van der Waals surface area contributed by atoms with Crippen LogP contribution in [-0.2, 0) is 0 Å². The van der Waals surface area contributed by atoms with Crippen molar-refractivity contribution in [3.8, 4) is 11.5 Å². The third-order valence-corrected chi connectivity index (χ3v) is 4.85. The van der Waals surface area contributed by atoms with Gasteiger partial charge in [-0.05, 0) is 56.4 Å². The van der Waals surface area contributed by atoms with Crippen molar-refractivity contribution in [2.75, 3.05) is 37.4 Å². The number of carbonyl (C=O) groups is 2. The first-order valence-corrected chi connectivity index (χ1v) is 10.7. The van der Waals surface area contributed by atoms with Gasteiger partial charge in [-0.2, -0.15) is 0 Å². The molecule has 2 aromatic carbocycles. The Morgan fingerprint density at radius 1 is 1.00 bits per heavy atom. The lowest BCUT2D eigenvalue weighted by atomic mass is 10.1. The zero-order valence-corrected chi connectivity index (χ0v) is 19.5. The number of hydrogen-bond donors (Lipinski definition) is 3. The number of methoxy groups -OCH3 is 1. The van der Waals surface area contributed by atoms with Crippen LogP contribution in [0.25, 0.3) is 0 Å². The van der Waals surface area contributed by atoms with Crippen LogP contribution in [0.3, 0.4) is 0 Å². The quantitative estimate of drug-likeness (QED) is 0.457. The average molecular weight is 483 g/mol. The van der Waals surface area contributed by atoms with E-state index in [2.05, 4.69) is 39.4 Å². The number of nitrogens with zero attached hydrogens (tertiary/aromatic N) is 1. The number of likely N-dealkylation sites (N-methyl/N-ethyl adjacent to an activating group) is 1. The third-order valence-electron chi connectivity index (χ3n) is 4.85. The highest BCUT2D eigenvalue weighted by atomic mass is 19.4. The lowest BCUT2D eigenvalue weighted by molar-refractivity contribution is -0.274. The number of ether oxygens (including phenoxy) is 2. The van der Waals surface area contributed by atoms with Crippen molar-refractivity contribution in [3.05, 3.63) is 48.0 Å². The predicted molar refractivity (Wildman–Crippen MR) is 123 cm³/mol. The zero-order valence-electron chi connectivity index (χ0n) is 19.5. The number of halogens is 3. The van der Waals surface area contributed by atoms with Gasteiger partial charge < -0.3 is 30.3 Å². The fraction of sp³-hybridized carbons (Fsp3) is 0.391. The maximum absolute atomic E-state index is 12.7. The number of benzene rings is 2. The summed E-state index contributed by atoms with van der Waals surface area (Å²) in [6, 6.07) is 8.60. The topological polar surface area (TPSA) is 91.9 Å². The number of carbonyl (C=O) groups excluding carboxylic acids is 2. The summed E-state index contributed by atoms with van der Waals surface area (Å²) in [7, 11) is 1.42. The van der Waals surface area contributed by atoms with Crippen LogP contribution in [-0.4, -0.2) is 56.0 Å². The molecule has 8 nitrogen and oxygen atoms in total. The number of anilines is 2. The molecule has 0 radical (unpaired) electrons. The van der Waals surface area contributed by atoms with E-state index in [0.717, 1.165) is 25.2 Å². The van der Waals surface area contributed by atoms with Gasteiger partial charge in [0.25, 0.3) is 5.91 Å². The van der Waals surface area contributed by atoms with Gasteiger partial charge in [0, 0.05) is 30.0 Å². The summed E-state index contributed by atoms with van der Waals surface area (Å²) in [6.45, 7) is 8.51. The Balaban J connectivity index is 1.99. The maximum atomic E-state index is 12.7. The third kappa shape index (κ3) is 8.47. The molecule has 0 aromatic heterocycles. The van der Waals surface area contributed by atoms with Crippen molar-refractivity contribution in [2.45, 2.75) is 33.2 Å². The number of urea groups is 1. The van der Waals surface area contributed by atoms with Gasteiger partial charge >= 0.3 is 12.4 Å². The molecule has 3 N–H and O–H groups in total. The van der Waals surface area contributed by atoms with Gasteiger partial charge in [0.05, 0.1) is 12.7 Å². The Kier molecular flexibility index (Phi) is 9.55. The lowest BCUT2D eigenvalue weighted by Crippen LogP contribution is -2.42. The minimum absolute atomic E-state index is 0.0754. The fourth-order valence-corrected chi connectivity index (χ4v) is 3.21. The van der Waals surface area contributed by atoms with E-state index in [9.17, 15) is 22.8 Å². The molecule has 11 heteroatoms. The Morgan fingerprint density at radius 2 is 1.59 bits per heavy atom. The molecule has 1 atom stereocenters. The first kappa shape index (κ1) is 26.8. The molecule has 0 saturated heterocycles. The monoisotopic (exact) mass is 482 g/mol. The summed E-state index contributed by atoms with van der Waals surface area (Å²) >= 11 is 0.